The van der Waals surface area contributed by atoms with Crippen LogP contribution in [0, 0.1) is 6.92 Å². The number of hydrogen-bond donors (Lipinski definition) is 1. The maximum atomic E-state index is 12.4. The van der Waals surface area contributed by atoms with Gasteiger partial charge in [-0.1, -0.05) is 18.2 Å². The summed E-state index contributed by atoms with van der Waals surface area (Å²) in [5.41, 5.74) is 3.67. The predicted molar refractivity (Wildman–Crippen MR) is 125 cm³/mol. The topological polar surface area (TPSA) is 72.9 Å². The molecule has 1 aliphatic rings. The Balaban J connectivity index is 1.40. The SMILES string of the molecule is COc1ccc(-c2cc(OC(=O)Nc3ccc(N4CCCOCC4)nc3)ccc2C)cc1. The number of aromatic nitrogens is 1. The van der Waals surface area contributed by atoms with Crippen molar-refractivity contribution in [3.05, 3.63) is 66.4 Å². The monoisotopic (exact) mass is 433 g/mol. The first-order valence-corrected chi connectivity index (χ1v) is 10.6. The van der Waals surface area contributed by atoms with Crippen LogP contribution < -0.4 is 19.7 Å². The summed E-state index contributed by atoms with van der Waals surface area (Å²) >= 11 is 0. The van der Waals surface area contributed by atoms with Gasteiger partial charge in [0.1, 0.15) is 17.3 Å². The van der Waals surface area contributed by atoms with Crippen LogP contribution in [0.5, 0.6) is 11.5 Å². The number of aryl methyl sites for hydroxylation is 1. The minimum absolute atomic E-state index is 0.466. The van der Waals surface area contributed by atoms with Crippen molar-refractivity contribution < 1.29 is 19.0 Å². The standard InChI is InChI=1S/C25H27N3O4/c1-18-4-8-22(16-23(18)19-5-9-21(30-2)10-6-19)32-25(29)27-20-7-11-24(26-17-20)28-12-3-14-31-15-13-28/h4-11,16-17H,3,12-15H2,1-2H3,(H,27,29). The fourth-order valence-electron chi connectivity index (χ4n) is 3.62. The van der Waals surface area contributed by atoms with Crippen molar-refractivity contribution in [1.82, 2.24) is 4.98 Å². The third kappa shape index (κ3) is 5.36. The van der Waals surface area contributed by atoms with Crippen LogP contribution in [-0.2, 0) is 4.74 Å². The zero-order valence-electron chi connectivity index (χ0n) is 18.3. The number of anilines is 2. The number of hydrogen-bond acceptors (Lipinski definition) is 6. The molecule has 1 aliphatic heterocycles. The molecule has 0 bridgehead atoms. The van der Waals surface area contributed by atoms with Gasteiger partial charge in [-0.25, -0.2) is 9.78 Å². The summed E-state index contributed by atoms with van der Waals surface area (Å²) in [4.78, 5) is 19.1. The van der Waals surface area contributed by atoms with Gasteiger partial charge in [0.05, 0.1) is 25.6 Å². The number of nitrogens with one attached hydrogen (secondary N) is 1. The zero-order valence-corrected chi connectivity index (χ0v) is 18.3. The smallest absolute Gasteiger partial charge is 0.417 e. The molecule has 0 atom stereocenters. The summed E-state index contributed by atoms with van der Waals surface area (Å²) in [6.07, 6.45) is 2.05. The van der Waals surface area contributed by atoms with Gasteiger partial charge in [-0.3, -0.25) is 5.32 Å². The molecule has 7 heteroatoms. The van der Waals surface area contributed by atoms with Crippen molar-refractivity contribution >= 4 is 17.6 Å². The molecule has 166 valence electrons. The molecule has 2 aromatic carbocycles. The quantitative estimate of drug-likeness (QED) is 0.617. The second-order valence-electron chi connectivity index (χ2n) is 7.58. The van der Waals surface area contributed by atoms with Gasteiger partial charge in [0, 0.05) is 19.7 Å². The molecule has 1 amide bonds. The molecular weight excluding hydrogens is 406 g/mol. The lowest BCUT2D eigenvalue weighted by atomic mass is 10.0. The number of carbonyl (C=O) groups excluding carboxylic acids is 1. The van der Waals surface area contributed by atoms with Gasteiger partial charge in [0.2, 0.25) is 0 Å². The Labute approximate surface area is 187 Å². The molecule has 4 rings (SSSR count). The largest absolute Gasteiger partial charge is 0.497 e. The van der Waals surface area contributed by atoms with E-state index in [9.17, 15) is 4.79 Å². The highest BCUT2D eigenvalue weighted by Crippen LogP contribution is 2.29. The van der Waals surface area contributed by atoms with E-state index in [-0.39, 0.29) is 0 Å². The molecule has 32 heavy (non-hydrogen) atoms. The fraction of sp³-hybridized carbons (Fsp3) is 0.280. The molecule has 0 aliphatic carbocycles. The molecule has 1 aromatic heterocycles. The van der Waals surface area contributed by atoms with Crippen molar-refractivity contribution in [2.24, 2.45) is 0 Å². The molecule has 0 spiro atoms. The first-order chi connectivity index (χ1) is 15.6. The van der Waals surface area contributed by atoms with Gasteiger partial charge in [-0.05, 0) is 66.4 Å². The van der Waals surface area contributed by atoms with Crippen LogP contribution in [0.3, 0.4) is 0 Å². The summed E-state index contributed by atoms with van der Waals surface area (Å²) in [5, 5.41) is 2.74. The summed E-state index contributed by atoms with van der Waals surface area (Å²) in [6, 6.07) is 17.1. The van der Waals surface area contributed by atoms with Crippen LogP contribution in [0.4, 0.5) is 16.3 Å². The van der Waals surface area contributed by atoms with Crippen LogP contribution in [0.15, 0.2) is 60.8 Å². The highest BCUT2D eigenvalue weighted by atomic mass is 16.6. The van der Waals surface area contributed by atoms with E-state index in [2.05, 4.69) is 15.2 Å². The lowest BCUT2D eigenvalue weighted by Gasteiger charge is -2.20. The van der Waals surface area contributed by atoms with Gasteiger partial charge in [-0.2, -0.15) is 0 Å². The number of ether oxygens (including phenoxy) is 3. The Kier molecular flexibility index (Phi) is 6.87. The lowest BCUT2D eigenvalue weighted by molar-refractivity contribution is 0.152. The van der Waals surface area contributed by atoms with Crippen molar-refractivity contribution in [2.45, 2.75) is 13.3 Å². The van der Waals surface area contributed by atoms with Gasteiger partial charge >= 0.3 is 6.09 Å². The molecule has 1 N–H and O–H groups in total. The van der Waals surface area contributed by atoms with E-state index in [0.717, 1.165) is 54.4 Å². The summed E-state index contributed by atoms with van der Waals surface area (Å²) < 4.78 is 16.2. The van der Waals surface area contributed by atoms with Crippen LogP contribution >= 0.6 is 0 Å². The van der Waals surface area contributed by atoms with E-state index in [1.165, 1.54) is 0 Å². The van der Waals surface area contributed by atoms with Crippen molar-refractivity contribution in [1.29, 1.82) is 0 Å². The summed E-state index contributed by atoms with van der Waals surface area (Å²) in [7, 11) is 1.64. The van der Waals surface area contributed by atoms with E-state index in [0.29, 0.717) is 18.0 Å². The zero-order chi connectivity index (χ0) is 22.3. The Hall–Kier alpha value is -3.58. The second kappa shape index (κ2) is 10.2. The fourth-order valence-corrected chi connectivity index (χ4v) is 3.62. The van der Waals surface area contributed by atoms with Gasteiger partial charge in [-0.15, -0.1) is 0 Å². The molecule has 3 aromatic rings. The summed E-state index contributed by atoms with van der Waals surface area (Å²) in [5.74, 6) is 2.13. The number of methoxy groups -OCH3 is 1. The third-order valence-electron chi connectivity index (χ3n) is 5.36. The summed E-state index contributed by atoms with van der Waals surface area (Å²) in [6.45, 7) is 5.22. The molecule has 7 nitrogen and oxygen atoms in total. The van der Waals surface area contributed by atoms with Crippen molar-refractivity contribution in [2.75, 3.05) is 43.6 Å². The molecule has 0 unspecified atom stereocenters. The van der Waals surface area contributed by atoms with E-state index in [1.807, 2.05) is 55.5 Å². The Morgan fingerprint density at radius 3 is 2.59 bits per heavy atom. The Morgan fingerprint density at radius 1 is 1.03 bits per heavy atom. The highest BCUT2D eigenvalue weighted by Gasteiger charge is 2.12. The normalized spacial score (nSPS) is 13.9. The number of nitrogens with zero attached hydrogens (tertiary/aromatic N) is 2. The molecule has 0 saturated carbocycles. The highest BCUT2D eigenvalue weighted by molar-refractivity contribution is 5.86. The molecule has 1 saturated heterocycles. The van der Waals surface area contributed by atoms with E-state index < -0.39 is 6.09 Å². The first-order valence-electron chi connectivity index (χ1n) is 10.6. The molecular formula is C25H27N3O4. The number of amides is 1. The number of rotatable bonds is 5. The van der Waals surface area contributed by atoms with Crippen molar-refractivity contribution in [3.63, 3.8) is 0 Å². The second-order valence-corrected chi connectivity index (χ2v) is 7.58. The van der Waals surface area contributed by atoms with Gasteiger partial charge < -0.3 is 19.1 Å². The number of benzene rings is 2. The maximum Gasteiger partial charge on any atom is 0.417 e. The first kappa shape index (κ1) is 21.6. The van der Waals surface area contributed by atoms with Gasteiger partial charge in [0.25, 0.3) is 0 Å². The number of carbonyl (C=O) groups is 1. The average Bonchev–Trinajstić information content (AvgIpc) is 3.11. The van der Waals surface area contributed by atoms with Gasteiger partial charge in [0.15, 0.2) is 0 Å². The van der Waals surface area contributed by atoms with Crippen LogP contribution in [-0.4, -0.2) is 44.5 Å². The van der Waals surface area contributed by atoms with E-state index in [1.54, 1.807) is 19.4 Å². The van der Waals surface area contributed by atoms with Crippen LogP contribution in [0.1, 0.15) is 12.0 Å². The van der Waals surface area contributed by atoms with Crippen LogP contribution in [0.25, 0.3) is 11.1 Å². The minimum atomic E-state index is -0.563. The van der Waals surface area contributed by atoms with E-state index >= 15 is 0 Å². The Morgan fingerprint density at radius 2 is 1.84 bits per heavy atom. The number of pyridine rings is 1. The van der Waals surface area contributed by atoms with Crippen molar-refractivity contribution in [3.8, 4) is 22.6 Å². The third-order valence-corrected chi connectivity index (χ3v) is 5.36. The minimum Gasteiger partial charge on any atom is -0.497 e. The Bertz CT molecular complexity index is 1040. The van der Waals surface area contributed by atoms with E-state index in [4.69, 9.17) is 14.2 Å². The maximum absolute atomic E-state index is 12.4. The molecule has 2 heterocycles. The average molecular weight is 434 g/mol. The van der Waals surface area contributed by atoms with Crippen LogP contribution in [0.2, 0.25) is 0 Å². The predicted octanol–water partition coefficient (Wildman–Crippen LogP) is 4.90. The lowest BCUT2D eigenvalue weighted by Crippen LogP contribution is -2.26. The molecule has 0 radical (unpaired) electrons. The molecule has 1 fully saturated rings.